The fourth-order valence-corrected chi connectivity index (χ4v) is 1.79. The topological polar surface area (TPSA) is 67.2 Å². The molecular weight excluding hydrogens is 266 g/mol. The number of hydrogen-bond donors (Lipinski definition) is 1. The highest BCUT2D eigenvalue weighted by Gasteiger charge is 2.01. The Bertz CT molecular complexity index is 606. The number of benzene rings is 1. The summed E-state index contributed by atoms with van der Waals surface area (Å²) < 4.78 is 10.7. The molecule has 0 saturated carbocycles. The SMILES string of the molecule is COc1ccc(COCCNc2ncccc2C#N)cc1. The highest BCUT2D eigenvalue weighted by Crippen LogP contribution is 2.12. The van der Waals surface area contributed by atoms with E-state index in [1.165, 1.54) is 0 Å². The van der Waals surface area contributed by atoms with Crippen molar-refractivity contribution < 1.29 is 9.47 Å². The summed E-state index contributed by atoms with van der Waals surface area (Å²) in [5.41, 5.74) is 1.62. The van der Waals surface area contributed by atoms with Gasteiger partial charge in [-0.25, -0.2) is 4.98 Å². The lowest BCUT2D eigenvalue weighted by Crippen LogP contribution is -2.11. The summed E-state index contributed by atoms with van der Waals surface area (Å²) in [6.07, 6.45) is 1.65. The van der Waals surface area contributed by atoms with E-state index >= 15 is 0 Å². The molecule has 0 bridgehead atoms. The molecule has 1 N–H and O–H groups in total. The lowest BCUT2D eigenvalue weighted by Gasteiger charge is -2.08. The van der Waals surface area contributed by atoms with Crippen molar-refractivity contribution in [2.24, 2.45) is 0 Å². The number of pyridine rings is 1. The van der Waals surface area contributed by atoms with E-state index in [4.69, 9.17) is 14.7 Å². The summed E-state index contributed by atoms with van der Waals surface area (Å²) in [5.74, 6) is 1.42. The van der Waals surface area contributed by atoms with E-state index in [1.54, 1.807) is 25.4 Å². The molecule has 1 heterocycles. The van der Waals surface area contributed by atoms with E-state index in [-0.39, 0.29) is 0 Å². The molecule has 0 unspecified atom stereocenters. The summed E-state index contributed by atoms with van der Waals surface area (Å²) in [5, 5.41) is 12.0. The molecule has 21 heavy (non-hydrogen) atoms. The van der Waals surface area contributed by atoms with Gasteiger partial charge in [-0.05, 0) is 29.8 Å². The second kappa shape index (κ2) is 7.88. The largest absolute Gasteiger partial charge is 0.497 e. The molecule has 0 radical (unpaired) electrons. The standard InChI is InChI=1S/C16H17N3O2/c1-20-15-6-4-13(5-7-15)12-21-10-9-19-16-14(11-17)3-2-8-18-16/h2-8H,9-10,12H2,1H3,(H,18,19). The van der Waals surface area contributed by atoms with Gasteiger partial charge in [-0.15, -0.1) is 0 Å². The van der Waals surface area contributed by atoms with E-state index in [1.807, 2.05) is 24.3 Å². The summed E-state index contributed by atoms with van der Waals surface area (Å²) in [6, 6.07) is 13.3. The zero-order valence-corrected chi connectivity index (χ0v) is 11.9. The van der Waals surface area contributed by atoms with Gasteiger partial charge in [-0.3, -0.25) is 0 Å². The van der Waals surface area contributed by atoms with E-state index in [0.29, 0.717) is 31.1 Å². The zero-order chi connectivity index (χ0) is 14.9. The highest BCUT2D eigenvalue weighted by molar-refractivity contribution is 5.51. The quantitative estimate of drug-likeness (QED) is 0.791. The Morgan fingerprint density at radius 2 is 2.05 bits per heavy atom. The van der Waals surface area contributed by atoms with Gasteiger partial charge in [0.1, 0.15) is 17.6 Å². The van der Waals surface area contributed by atoms with Gasteiger partial charge in [0.25, 0.3) is 0 Å². The van der Waals surface area contributed by atoms with Gasteiger partial charge in [-0.1, -0.05) is 12.1 Å². The van der Waals surface area contributed by atoms with Crippen LogP contribution in [0.25, 0.3) is 0 Å². The number of rotatable bonds is 7. The molecular formula is C16H17N3O2. The number of hydrogen-bond acceptors (Lipinski definition) is 5. The Labute approximate surface area is 124 Å². The highest BCUT2D eigenvalue weighted by atomic mass is 16.5. The van der Waals surface area contributed by atoms with Crippen LogP contribution in [0.2, 0.25) is 0 Å². The third-order valence-corrected chi connectivity index (χ3v) is 2.89. The van der Waals surface area contributed by atoms with Crippen molar-refractivity contribution in [2.75, 3.05) is 25.6 Å². The zero-order valence-electron chi connectivity index (χ0n) is 11.9. The molecule has 5 nitrogen and oxygen atoms in total. The van der Waals surface area contributed by atoms with E-state index in [0.717, 1.165) is 11.3 Å². The Balaban J connectivity index is 1.71. The average molecular weight is 283 g/mol. The molecule has 0 aliphatic carbocycles. The van der Waals surface area contributed by atoms with Crippen molar-refractivity contribution in [3.05, 3.63) is 53.7 Å². The number of nitriles is 1. The monoisotopic (exact) mass is 283 g/mol. The van der Waals surface area contributed by atoms with Crippen LogP contribution in [0.15, 0.2) is 42.6 Å². The summed E-state index contributed by atoms with van der Waals surface area (Å²) in [7, 11) is 1.64. The van der Waals surface area contributed by atoms with Gasteiger partial charge in [0.15, 0.2) is 0 Å². The fourth-order valence-electron chi connectivity index (χ4n) is 1.79. The predicted molar refractivity (Wildman–Crippen MR) is 80.1 cm³/mol. The van der Waals surface area contributed by atoms with E-state index in [2.05, 4.69) is 16.4 Å². The minimum atomic E-state index is 0.535. The van der Waals surface area contributed by atoms with Crippen LogP contribution in [0, 0.1) is 11.3 Å². The summed E-state index contributed by atoms with van der Waals surface area (Å²) in [6.45, 7) is 1.67. The molecule has 0 amide bonds. The first-order valence-electron chi connectivity index (χ1n) is 6.63. The smallest absolute Gasteiger partial charge is 0.143 e. The maximum atomic E-state index is 8.94. The number of ether oxygens (including phenoxy) is 2. The third-order valence-electron chi connectivity index (χ3n) is 2.89. The van der Waals surface area contributed by atoms with Crippen LogP contribution in [0.3, 0.4) is 0 Å². The Hall–Kier alpha value is -2.58. The Morgan fingerprint density at radius 1 is 1.24 bits per heavy atom. The number of anilines is 1. The van der Waals surface area contributed by atoms with E-state index in [9.17, 15) is 0 Å². The first kappa shape index (κ1) is 14.8. The molecule has 2 aromatic rings. The second-order valence-electron chi connectivity index (χ2n) is 4.34. The van der Waals surface area contributed by atoms with Crippen LogP contribution in [-0.4, -0.2) is 25.2 Å². The normalized spacial score (nSPS) is 9.90. The van der Waals surface area contributed by atoms with Gasteiger partial charge >= 0.3 is 0 Å². The number of methoxy groups -OCH3 is 1. The van der Waals surface area contributed by atoms with Crippen LogP contribution in [-0.2, 0) is 11.3 Å². The van der Waals surface area contributed by atoms with Crippen molar-refractivity contribution >= 4 is 5.82 Å². The third kappa shape index (κ3) is 4.48. The maximum Gasteiger partial charge on any atom is 0.143 e. The lowest BCUT2D eigenvalue weighted by atomic mass is 10.2. The van der Waals surface area contributed by atoms with Gasteiger partial charge in [-0.2, -0.15) is 5.26 Å². The molecule has 5 heteroatoms. The van der Waals surface area contributed by atoms with Crippen LogP contribution < -0.4 is 10.1 Å². The van der Waals surface area contributed by atoms with Gasteiger partial charge in [0.2, 0.25) is 0 Å². The Kier molecular flexibility index (Phi) is 5.56. The molecule has 108 valence electrons. The lowest BCUT2D eigenvalue weighted by molar-refractivity contribution is 0.130. The molecule has 1 aromatic carbocycles. The van der Waals surface area contributed by atoms with E-state index < -0.39 is 0 Å². The molecule has 0 saturated heterocycles. The minimum Gasteiger partial charge on any atom is -0.497 e. The number of nitrogens with one attached hydrogen (secondary N) is 1. The number of nitrogens with zero attached hydrogens (tertiary/aromatic N) is 2. The first-order valence-corrected chi connectivity index (χ1v) is 6.63. The first-order chi connectivity index (χ1) is 10.3. The molecule has 0 spiro atoms. The van der Waals surface area contributed by atoms with Crippen molar-refractivity contribution in [3.63, 3.8) is 0 Å². The Morgan fingerprint density at radius 3 is 2.76 bits per heavy atom. The predicted octanol–water partition coefficient (Wildman–Crippen LogP) is 2.59. The molecule has 0 atom stereocenters. The van der Waals surface area contributed by atoms with Gasteiger partial charge in [0, 0.05) is 12.7 Å². The number of aromatic nitrogens is 1. The van der Waals surface area contributed by atoms with Crippen molar-refractivity contribution in [3.8, 4) is 11.8 Å². The average Bonchev–Trinajstić information content (AvgIpc) is 2.55. The van der Waals surface area contributed by atoms with Crippen molar-refractivity contribution in [1.82, 2.24) is 4.98 Å². The van der Waals surface area contributed by atoms with Crippen LogP contribution >= 0.6 is 0 Å². The fraction of sp³-hybridized carbons (Fsp3) is 0.250. The van der Waals surface area contributed by atoms with Crippen LogP contribution in [0.1, 0.15) is 11.1 Å². The molecule has 0 fully saturated rings. The molecule has 0 aliphatic heterocycles. The molecule has 1 aromatic heterocycles. The van der Waals surface area contributed by atoms with Gasteiger partial charge < -0.3 is 14.8 Å². The maximum absolute atomic E-state index is 8.94. The molecule has 0 aliphatic rings. The molecule has 2 rings (SSSR count). The van der Waals surface area contributed by atoms with Crippen molar-refractivity contribution in [2.45, 2.75) is 6.61 Å². The van der Waals surface area contributed by atoms with Gasteiger partial charge in [0.05, 0.1) is 25.9 Å². The summed E-state index contributed by atoms with van der Waals surface area (Å²) >= 11 is 0. The van der Waals surface area contributed by atoms with Crippen LogP contribution in [0.5, 0.6) is 5.75 Å². The second-order valence-corrected chi connectivity index (χ2v) is 4.34. The summed E-state index contributed by atoms with van der Waals surface area (Å²) in [4.78, 5) is 4.12. The van der Waals surface area contributed by atoms with Crippen LogP contribution in [0.4, 0.5) is 5.82 Å². The minimum absolute atomic E-state index is 0.535. The van der Waals surface area contributed by atoms with Crippen molar-refractivity contribution in [1.29, 1.82) is 5.26 Å².